The molecule has 12 aromatic rings. The minimum Gasteiger partial charge on any atom is -0.454 e. The number of rotatable bonds is 6. The highest BCUT2D eigenvalue weighted by atomic mass is 16.3. The second-order valence-corrected chi connectivity index (χ2v) is 15.3. The van der Waals surface area contributed by atoms with Gasteiger partial charge in [0, 0.05) is 38.7 Å². The Hall–Kier alpha value is -8.08. The van der Waals surface area contributed by atoms with E-state index >= 15 is 0 Å². The van der Waals surface area contributed by atoms with Gasteiger partial charge < -0.3 is 9.32 Å². The minimum atomic E-state index is 0.834. The molecule has 0 bridgehead atoms. The van der Waals surface area contributed by atoms with E-state index in [1.807, 2.05) is 18.2 Å². The second-order valence-electron chi connectivity index (χ2n) is 15.3. The van der Waals surface area contributed by atoms with E-state index in [1.54, 1.807) is 0 Å². The summed E-state index contributed by atoms with van der Waals surface area (Å²) in [7, 11) is 0. The third-order valence-electron chi connectivity index (χ3n) is 11.8. The highest BCUT2D eigenvalue weighted by molar-refractivity contribution is 6.21. The van der Waals surface area contributed by atoms with E-state index in [9.17, 15) is 0 Å². The molecule has 2 aromatic heterocycles. The first-order valence-electron chi connectivity index (χ1n) is 20.3. The molecule has 0 saturated carbocycles. The van der Waals surface area contributed by atoms with Crippen LogP contribution in [0, 0.1) is 0 Å². The van der Waals surface area contributed by atoms with Crippen LogP contribution in [0.1, 0.15) is 0 Å². The van der Waals surface area contributed by atoms with Gasteiger partial charge in [-0.05, 0) is 86.6 Å². The van der Waals surface area contributed by atoms with Crippen molar-refractivity contribution in [1.29, 1.82) is 0 Å². The van der Waals surface area contributed by atoms with Crippen molar-refractivity contribution in [3.8, 4) is 33.6 Å². The molecule has 0 N–H and O–H groups in total. The van der Waals surface area contributed by atoms with Crippen molar-refractivity contribution in [1.82, 2.24) is 9.97 Å². The van der Waals surface area contributed by atoms with E-state index in [2.05, 4.69) is 199 Å². The summed E-state index contributed by atoms with van der Waals surface area (Å²) in [5.41, 5.74) is 12.5. The fourth-order valence-electron chi connectivity index (χ4n) is 8.97. The van der Waals surface area contributed by atoms with Crippen LogP contribution in [0.4, 0.5) is 17.1 Å². The fourth-order valence-corrected chi connectivity index (χ4v) is 8.97. The lowest BCUT2D eigenvalue weighted by Gasteiger charge is -2.26. The Balaban J connectivity index is 1.10. The molecule has 2 heterocycles. The molecular weight excluding hydrogens is 731 g/mol. The topological polar surface area (TPSA) is 42.2 Å². The number of furan rings is 1. The zero-order chi connectivity index (χ0) is 39.6. The molecule has 0 aliphatic rings. The van der Waals surface area contributed by atoms with Crippen LogP contribution in [-0.4, -0.2) is 9.97 Å². The molecule has 60 heavy (non-hydrogen) atoms. The molecule has 10 aromatic carbocycles. The number of para-hydroxylation sites is 2. The fraction of sp³-hybridized carbons (Fsp3) is 0. The van der Waals surface area contributed by atoms with Gasteiger partial charge in [-0.15, -0.1) is 0 Å². The quantitative estimate of drug-likeness (QED) is 0.158. The minimum absolute atomic E-state index is 0.834. The molecule has 0 radical (unpaired) electrons. The Kier molecular flexibility index (Phi) is 7.82. The Morgan fingerprint density at radius 3 is 1.82 bits per heavy atom. The van der Waals surface area contributed by atoms with Crippen molar-refractivity contribution < 1.29 is 4.42 Å². The highest BCUT2D eigenvalue weighted by Gasteiger charge is 2.23. The zero-order valence-corrected chi connectivity index (χ0v) is 32.5. The van der Waals surface area contributed by atoms with Crippen LogP contribution in [0.5, 0.6) is 0 Å². The molecule has 0 amide bonds. The molecule has 4 nitrogen and oxygen atoms in total. The van der Waals surface area contributed by atoms with Gasteiger partial charge in [0.2, 0.25) is 0 Å². The Morgan fingerprint density at radius 2 is 1.02 bits per heavy atom. The van der Waals surface area contributed by atoms with Gasteiger partial charge in [0.05, 0.1) is 28.1 Å². The van der Waals surface area contributed by atoms with E-state index < -0.39 is 0 Å². The monoisotopic (exact) mass is 765 g/mol. The molecule has 0 unspecified atom stereocenters. The van der Waals surface area contributed by atoms with Gasteiger partial charge in [-0.2, -0.15) is 0 Å². The van der Waals surface area contributed by atoms with E-state index in [0.29, 0.717) is 0 Å². The first kappa shape index (κ1) is 34.0. The lowest BCUT2D eigenvalue weighted by molar-refractivity contribution is 0.669. The van der Waals surface area contributed by atoms with Crippen LogP contribution < -0.4 is 4.90 Å². The first-order chi connectivity index (χ1) is 29.7. The maximum absolute atomic E-state index is 6.92. The number of anilines is 3. The van der Waals surface area contributed by atoms with Gasteiger partial charge >= 0.3 is 0 Å². The number of nitrogens with zero attached hydrogens (tertiary/aromatic N) is 3. The van der Waals surface area contributed by atoms with E-state index in [1.165, 1.54) is 10.8 Å². The second kappa shape index (κ2) is 13.8. The predicted octanol–water partition coefficient (Wildman–Crippen LogP) is 15.5. The number of benzene rings is 10. The molecule has 4 heteroatoms. The van der Waals surface area contributed by atoms with Crippen LogP contribution >= 0.6 is 0 Å². The third-order valence-corrected chi connectivity index (χ3v) is 11.8. The van der Waals surface area contributed by atoms with E-state index in [0.717, 1.165) is 105 Å². The van der Waals surface area contributed by atoms with Gasteiger partial charge in [-0.1, -0.05) is 164 Å². The largest absolute Gasteiger partial charge is 0.454 e. The van der Waals surface area contributed by atoms with E-state index in [-0.39, 0.29) is 0 Å². The molecule has 0 atom stereocenters. The zero-order valence-electron chi connectivity index (χ0n) is 32.5. The van der Waals surface area contributed by atoms with Crippen molar-refractivity contribution in [3.63, 3.8) is 0 Å². The van der Waals surface area contributed by atoms with Gasteiger partial charge in [0.15, 0.2) is 5.58 Å². The average Bonchev–Trinajstić information content (AvgIpc) is 3.72. The van der Waals surface area contributed by atoms with Gasteiger partial charge in [0.25, 0.3) is 0 Å². The summed E-state index contributed by atoms with van der Waals surface area (Å²) in [5.74, 6) is 0. The summed E-state index contributed by atoms with van der Waals surface area (Å²) >= 11 is 0. The highest BCUT2D eigenvalue weighted by Crippen LogP contribution is 2.47. The molecule has 12 rings (SSSR count). The third kappa shape index (κ3) is 5.53. The summed E-state index contributed by atoms with van der Waals surface area (Å²) in [6.07, 6.45) is 0. The van der Waals surface area contributed by atoms with Crippen LogP contribution in [0.25, 0.3) is 98.9 Å². The van der Waals surface area contributed by atoms with Gasteiger partial charge in [-0.25, -0.2) is 9.97 Å². The summed E-state index contributed by atoms with van der Waals surface area (Å²) in [4.78, 5) is 13.2. The lowest BCUT2D eigenvalue weighted by Crippen LogP contribution is -2.10. The van der Waals surface area contributed by atoms with Crippen molar-refractivity contribution in [3.05, 3.63) is 212 Å². The van der Waals surface area contributed by atoms with E-state index in [4.69, 9.17) is 14.4 Å². The summed E-state index contributed by atoms with van der Waals surface area (Å²) in [6, 6.07) is 74.9. The van der Waals surface area contributed by atoms with Crippen molar-refractivity contribution in [2.45, 2.75) is 0 Å². The maximum atomic E-state index is 6.92. The lowest BCUT2D eigenvalue weighted by atomic mass is 9.93. The van der Waals surface area contributed by atoms with Crippen LogP contribution in [0.2, 0.25) is 0 Å². The Morgan fingerprint density at radius 1 is 0.383 bits per heavy atom. The summed E-state index contributed by atoms with van der Waals surface area (Å²) in [6.45, 7) is 0. The molecular formula is C56H35N3O. The summed E-state index contributed by atoms with van der Waals surface area (Å²) in [5, 5.41) is 9.02. The Labute approximate surface area is 346 Å². The van der Waals surface area contributed by atoms with Crippen molar-refractivity contribution >= 4 is 82.4 Å². The maximum Gasteiger partial charge on any atom is 0.160 e. The number of hydrogen-bond acceptors (Lipinski definition) is 4. The van der Waals surface area contributed by atoms with Crippen molar-refractivity contribution in [2.75, 3.05) is 4.90 Å². The Bertz CT molecular complexity index is 3600. The van der Waals surface area contributed by atoms with Crippen LogP contribution in [-0.2, 0) is 0 Å². The first-order valence-corrected chi connectivity index (χ1v) is 20.3. The molecule has 0 saturated heterocycles. The average molecular weight is 766 g/mol. The van der Waals surface area contributed by atoms with Gasteiger partial charge in [-0.3, -0.25) is 0 Å². The molecule has 280 valence electrons. The molecule has 0 aliphatic carbocycles. The van der Waals surface area contributed by atoms with Gasteiger partial charge in [0.1, 0.15) is 5.58 Å². The molecule has 0 aliphatic heterocycles. The number of fused-ring (bicyclic) bond motifs is 9. The normalized spacial score (nSPS) is 11.7. The van der Waals surface area contributed by atoms with Crippen molar-refractivity contribution in [2.24, 2.45) is 0 Å². The number of hydrogen-bond donors (Lipinski definition) is 0. The smallest absolute Gasteiger partial charge is 0.160 e. The molecule has 0 fully saturated rings. The molecule has 0 spiro atoms. The standard InChI is InChI=1S/C56H35N3O/c1-4-15-39(16-5-1)53-54(40-17-6-2-7-18-40)58-55-48(57-53)32-29-38-26-24-37-25-27-42(35-47(37)51(38)55)45-31-33-49(56-52(45)46-22-12-13-23-50(46)60-56)59(43-20-8-3-9-21-43)44-30-28-36-14-10-11-19-41(36)34-44/h1-35H. The number of aromatic nitrogens is 2. The van der Waals surface area contributed by atoms with Crippen LogP contribution in [0.15, 0.2) is 217 Å². The SMILES string of the molecule is c1ccc(-c2nc3ccc4ccc5ccc(-c6ccc(N(c7ccccc7)c7ccc8ccccc8c7)c7oc8ccccc8c67)cc5c4c3nc2-c2ccccc2)cc1. The predicted molar refractivity (Wildman–Crippen MR) is 250 cm³/mol. The summed E-state index contributed by atoms with van der Waals surface area (Å²) < 4.78 is 6.92. The van der Waals surface area contributed by atoms with Crippen LogP contribution in [0.3, 0.4) is 0 Å².